The molecule has 6 heterocycles. The van der Waals surface area contributed by atoms with Gasteiger partial charge < -0.3 is 39.4 Å². The fourth-order valence-corrected chi connectivity index (χ4v) is 9.20. The molecule has 0 bridgehead atoms. The highest BCUT2D eigenvalue weighted by atomic mass is 16.5. The van der Waals surface area contributed by atoms with Crippen LogP contribution in [0.5, 0.6) is 17.2 Å². The molecule has 1 unspecified atom stereocenters. The number of aliphatic hydroxyl groups excluding tert-OH is 1. The first-order valence-corrected chi connectivity index (χ1v) is 20.5. The number of hydrogen-bond acceptors (Lipinski definition) is 10. The van der Waals surface area contributed by atoms with E-state index in [2.05, 4.69) is 22.4 Å². The Hall–Kier alpha value is -5.50. The summed E-state index contributed by atoms with van der Waals surface area (Å²) in [5, 5.41) is 12.0. The largest absolute Gasteiger partial charge is 0.492 e. The molecule has 306 valence electrons. The van der Waals surface area contributed by atoms with E-state index in [9.17, 15) is 24.3 Å². The van der Waals surface area contributed by atoms with Gasteiger partial charge in [-0.1, -0.05) is 33.8 Å². The number of amides is 3. The van der Waals surface area contributed by atoms with E-state index < -0.39 is 24.5 Å². The van der Waals surface area contributed by atoms with Crippen LogP contribution in [0.1, 0.15) is 101 Å². The number of ether oxygens (including phenoxy) is 3. The van der Waals surface area contributed by atoms with Crippen molar-refractivity contribution < 1.29 is 38.5 Å². The average Bonchev–Trinajstić information content (AvgIpc) is 4.07. The maximum Gasteiger partial charge on any atom is 0.306 e. The maximum atomic E-state index is 13.7. The first-order chi connectivity index (χ1) is 27.9. The van der Waals surface area contributed by atoms with Crippen LogP contribution in [0.25, 0.3) is 16.8 Å². The summed E-state index contributed by atoms with van der Waals surface area (Å²) in [7, 11) is 1.36. The van der Waals surface area contributed by atoms with E-state index in [0.29, 0.717) is 31.9 Å². The number of methoxy groups -OCH3 is 1. The number of aromatic nitrogens is 2. The minimum Gasteiger partial charge on any atom is -0.492 e. The second-order valence-electron chi connectivity index (χ2n) is 16.7. The standard InChI is InChI=1S/C44H52N6O8/c1-23(2)28(18-39(53)56-5)43(54)49-12-6-8-33(49)31-15-27(19-45-31)25-10-11-35-29(14-25)30-22-57-36-16-26(17-37(58-35)40(30)36)32-20-46-42(47-32)34-9-7-13-50(34)44(55)41(24(3)4)48-38(52)21-51/h10-11,14,16-17,19-20,23-24,28,30,33-34,41,51H,6-9,12-13,15,18,21-22H2,1-5H3,(H,46,47)(H,48,52)/t28-,30?,33-,34-,41-/m0/s1. The van der Waals surface area contributed by atoms with E-state index in [4.69, 9.17) is 24.2 Å². The van der Waals surface area contributed by atoms with Gasteiger partial charge in [-0.05, 0) is 72.9 Å². The van der Waals surface area contributed by atoms with Crippen molar-refractivity contribution in [2.24, 2.45) is 22.7 Å². The number of aliphatic imine (C=N–C) groups is 1. The van der Waals surface area contributed by atoms with Crippen molar-refractivity contribution in [2.45, 2.75) is 90.3 Å². The lowest BCUT2D eigenvalue weighted by atomic mass is 9.86. The van der Waals surface area contributed by atoms with Gasteiger partial charge in [0.15, 0.2) is 0 Å². The molecule has 0 radical (unpaired) electrons. The lowest BCUT2D eigenvalue weighted by molar-refractivity contribution is -0.148. The van der Waals surface area contributed by atoms with E-state index in [0.717, 1.165) is 82.2 Å². The van der Waals surface area contributed by atoms with Gasteiger partial charge in [0.25, 0.3) is 0 Å². The van der Waals surface area contributed by atoms with Crippen LogP contribution < -0.4 is 14.8 Å². The molecule has 0 aliphatic carbocycles. The van der Waals surface area contributed by atoms with Crippen LogP contribution in [-0.2, 0) is 23.9 Å². The molecule has 5 atom stereocenters. The molecule has 3 N–H and O–H groups in total. The molecule has 2 fully saturated rings. The number of benzene rings is 2. The minimum atomic E-state index is -0.745. The number of nitrogens with zero attached hydrogens (tertiary/aromatic N) is 4. The van der Waals surface area contributed by atoms with Crippen molar-refractivity contribution in [1.82, 2.24) is 25.1 Å². The van der Waals surface area contributed by atoms with Gasteiger partial charge in [0.2, 0.25) is 17.7 Å². The van der Waals surface area contributed by atoms with Gasteiger partial charge in [-0.15, -0.1) is 0 Å². The van der Waals surface area contributed by atoms with Gasteiger partial charge in [0, 0.05) is 48.1 Å². The Morgan fingerprint density at radius 2 is 1.69 bits per heavy atom. The fourth-order valence-electron chi connectivity index (χ4n) is 9.20. The molecule has 5 aliphatic rings. The lowest BCUT2D eigenvalue weighted by Gasteiger charge is -2.30. The SMILES string of the molecule is COC(=O)C[C@H](C(=O)N1CCC[C@H]1C1=NC=C(c2ccc3c(c2)C2COc4cc(-c5cnc([C@@H]6CCCN6C(=O)[C@@H](NC(=O)CO)C(C)C)[nH]5)cc(c42)O3)C1)C(C)C. The van der Waals surface area contributed by atoms with Crippen LogP contribution in [0.15, 0.2) is 47.7 Å². The van der Waals surface area contributed by atoms with Gasteiger partial charge in [0.1, 0.15) is 35.7 Å². The molecule has 14 heteroatoms. The normalized spacial score (nSPS) is 21.6. The Morgan fingerprint density at radius 1 is 0.948 bits per heavy atom. The molecule has 0 saturated carbocycles. The molecule has 3 amide bonds. The van der Waals surface area contributed by atoms with Gasteiger partial charge in [-0.2, -0.15) is 0 Å². The average molecular weight is 793 g/mol. The molecule has 58 heavy (non-hydrogen) atoms. The summed E-state index contributed by atoms with van der Waals surface area (Å²) in [6.07, 6.45) is 7.69. The summed E-state index contributed by atoms with van der Waals surface area (Å²) < 4.78 is 17.8. The lowest BCUT2D eigenvalue weighted by Crippen LogP contribution is -2.51. The Morgan fingerprint density at radius 3 is 2.41 bits per heavy atom. The number of fused-ring (bicyclic) bond motifs is 2. The molecule has 3 aromatic rings. The van der Waals surface area contributed by atoms with E-state index in [-0.39, 0.29) is 54.0 Å². The maximum absolute atomic E-state index is 13.7. The van der Waals surface area contributed by atoms with Crippen molar-refractivity contribution in [3.05, 3.63) is 65.2 Å². The highest BCUT2D eigenvalue weighted by Gasteiger charge is 2.41. The Kier molecular flexibility index (Phi) is 10.9. The van der Waals surface area contributed by atoms with Crippen LogP contribution in [0, 0.1) is 17.8 Å². The number of aromatic amines is 1. The molecule has 2 saturated heterocycles. The van der Waals surface area contributed by atoms with Crippen molar-refractivity contribution in [3.8, 4) is 28.5 Å². The monoisotopic (exact) mass is 792 g/mol. The number of aliphatic hydroxyl groups is 1. The summed E-state index contributed by atoms with van der Waals surface area (Å²) in [6.45, 7) is 8.69. The van der Waals surface area contributed by atoms with Gasteiger partial charge in [0.05, 0.1) is 55.9 Å². The number of imidazole rings is 1. The number of carbonyl (C=O) groups is 4. The van der Waals surface area contributed by atoms with Gasteiger partial charge >= 0.3 is 5.97 Å². The van der Waals surface area contributed by atoms with Crippen LogP contribution in [0.2, 0.25) is 0 Å². The minimum absolute atomic E-state index is 0.00616. The molecule has 1 aromatic heterocycles. The Balaban J connectivity index is 0.963. The van der Waals surface area contributed by atoms with Gasteiger partial charge in [-0.25, -0.2) is 4.98 Å². The third-order valence-corrected chi connectivity index (χ3v) is 12.4. The number of H-pyrrole nitrogens is 1. The second kappa shape index (κ2) is 16.0. The molecule has 0 spiro atoms. The topological polar surface area (TPSA) is 176 Å². The smallest absolute Gasteiger partial charge is 0.306 e. The summed E-state index contributed by atoms with van der Waals surface area (Å²) in [5.74, 6) is 1.19. The first kappa shape index (κ1) is 39.3. The number of nitrogens with one attached hydrogen (secondary N) is 2. The first-order valence-electron chi connectivity index (χ1n) is 20.5. The predicted octanol–water partition coefficient (Wildman–Crippen LogP) is 5.52. The third-order valence-electron chi connectivity index (χ3n) is 12.4. The molecular formula is C44H52N6O8. The van der Waals surface area contributed by atoms with E-state index >= 15 is 0 Å². The zero-order valence-corrected chi connectivity index (χ0v) is 33.7. The molecule has 2 aromatic carbocycles. The van der Waals surface area contributed by atoms with Crippen molar-refractivity contribution in [3.63, 3.8) is 0 Å². The number of likely N-dealkylation sites (tertiary alicyclic amines) is 2. The summed E-state index contributed by atoms with van der Waals surface area (Å²) in [6, 6.07) is 9.15. The van der Waals surface area contributed by atoms with Crippen LogP contribution >= 0.6 is 0 Å². The number of hydrogen-bond donors (Lipinski definition) is 3. The molecule has 14 nitrogen and oxygen atoms in total. The van der Waals surface area contributed by atoms with E-state index in [1.54, 1.807) is 11.1 Å². The van der Waals surface area contributed by atoms with Crippen molar-refractivity contribution in [1.29, 1.82) is 0 Å². The number of allylic oxidation sites excluding steroid dienone is 1. The highest BCUT2D eigenvalue weighted by molar-refractivity contribution is 6.03. The Labute approximate surface area is 338 Å². The van der Waals surface area contributed by atoms with Crippen LogP contribution in [0.3, 0.4) is 0 Å². The Bertz CT molecular complexity index is 2190. The number of esters is 1. The van der Waals surface area contributed by atoms with Crippen LogP contribution in [0.4, 0.5) is 0 Å². The summed E-state index contributed by atoms with van der Waals surface area (Å²) in [4.78, 5) is 68.2. The summed E-state index contributed by atoms with van der Waals surface area (Å²) >= 11 is 0. The van der Waals surface area contributed by atoms with Crippen molar-refractivity contribution >= 4 is 35.0 Å². The van der Waals surface area contributed by atoms with Gasteiger partial charge in [-0.3, -0.25) is 24.2 Å². The van der Waals surface area contributed by atoms with E-state index in [1.165, 1.54) is 7.11 Å². The third kappa shape index (κ3) is 7.27. The molecule has 5 aliphatic heterocycles. The second-order valence-corrected chi connectivity index (χ2v) is 16.7. The highest BCUT2D eigenvalue weighted by Crippen LogP contribution is 2.53. The zero-order chi connectivity index (χ0) is 40.8. The zero-order valence-electron chi connectivity index (χ0n) is 33.7. The number of carbonyl (C=O) groups excluding carboxylic acids is 4. The molecule has 8 rings (SSSR count). The number of rotatable bonds is 12. The van der Waals surface area contributed by atoms with Crippen LogP contribution in [-0.4, -0.2) is 99.8 Å². The van der Waals surface area contributed by atoms with E-state index in [1.807, 2.05) is 57.0 Å². The summed E-state index contributed by atoms with van der Waals surface area (Å²) in [5.41, 5.74) is 6.79. The van der Waals surface area contributed by atoms with Crippen molar-refractivity contribution in [2.75, 3.05) is 33.4 Å². The quantitative estimate of drug-likeness (QED) is 0.200. The molecular weight excluding hydrogens is 741 g/mol. The fraction of sp³-hybridized carbons (Fsp3) is 0.500. The predicted molar refractivity (Wildman–Crippen MR) is 215 cm³/mol.